The first-order chi connectivity index (χ1) is 9.77. The first-order valence-corrected chi connectivity index (χ1v) is 7.17. The van der Waals surface area contributed by atoms with E-state index in [9.17, 15) is 4.79 Å². The van der Waals surface area contributed by atoms with Gasteiger partial charge in [0.15, 0.2) is 0 Å². The zero-order valence-electron chi connectivity index (χ0n) is 11.3. The van der Waals surface area contributed by atoms with Crippen LogP contribution in [0.5, 0.6) is 0 Å². The average Bonchev–Trinajstić information content (AvgIpc) is 3.13. The predicted octanol–water partition coefficient (Wildman–Crippen LogP) is 1.83. The van der Waals surface area contributed by atoms with Crippen LogP contribution in [0.2, 0.25) is 0 Å². The van der Waals surface area contributed by atoms with Crippen molar-refractivity contribution in [2.75, 3.05) is 31.2 Å². The average molecular weight is 274 g/mol. The maximum Gasteiger partial charge on any atom is 0.415 e. The third kappa shape index (κ3) is 1.98. The van der Waals surface area contributed by atoms with Crippen molar-refractivity contribution in [1.82, 2.24) is 4.90 Å². The Hall–Kier alpha value is -1.59. The fraction of sp³-hybridized carbons (Fsp3) is 0.533. The van der Waals surface area contributed by atoms with Gasteiger partial charge in [-0.05, 0) is 25.0 Å². The summed E-state index contributed by atoms with van der Waals surface area (Å²) in [5, 5.41) is 0. The Balaban J connectivity index is 1.53. The SMILES string of the molecule is O=C1OCC(N2CCC3(CC2)CO3)N1c1ccccc1. The molecule has 3 aliphatic heterocycles. The summed E-state index contributed by atoms with van der Waals surface area (Å²) in [4.78, 5) is 16.1. The van der Waals surface area contributed by atoms with Crippen molar-refractivity contribution in [3.63, 3.8) is 0 Å². The maximum absolute atomic E-state index is 12.0. The lowest BCUT2D eigenvalue weighted by atomic mass is 9.97. The summed E-state index contributed by atoms with van der Waals surface area (Å²) in [6.07, 6.45) is 1.88. The summed E-state index contributed by atoms with van der Waals surface area (Å²) >= 11 is 0. The van der Waals surface area contributed by atoms with E-state index in [-0.39, 0.29) is 17.9 Å². The smallest absolute Gasteiger partial charge is 0.415 e. The topological polar surface area (TPSA) is 45.3 Å². The maximum atomic E-state index is 12.0. The number of anilines is 1. The summed E-state index contributed by atoms with van der Waals surface area (Å²) in [7, 11) is 0. The highest BCUT2D eigenvalue weighted by Gasteiger charge is 2.49. The van der Waals surface area contributed by atoms with Crippen LogP contribution in [0.25, 0.3) is 0 Å². The number of ether oxygens (including phenoxy) is 2. The number of hydrogen-bond acceptors (Lipinski definition) is 4. The molecular weight excluding hydrogens is 256 g/mol. The number of carbonyl (C=O) groups excluding carboxylic acids is 1. The first kappa shape index (κ1) is 12.2. The Morgan fingerprint density at radius 3 is 2.50 bits per heavy atom. The molecule has 3 aliphatic rings. The summed E-state index contributed by atoms with van der Waals surface area (Å²) in [6, 6.07) is 9.75. The van der Waals surface area contributed by atoms with E-state index in [0.29, 0.717) is 6.61 Å². The van der Waals surface area contributed by atoms with Gasteiger partial charge in [0.1, 0.15) is 12.8 Å². The van der Waals surface area contributed by atoms with Crippen LogP contribution in [0.1, 0.15) is 12.8 Å². The van der Waals surface area contributed by atoms with Gasteiger partial charge in [0.05, 0.1) is 12.2 Å². The highest BCUT2D eigenvalue weighted by atomic mass is 16.6. The molecule has 4 rings (SSSR count). The van der Waals surface area contributed by atoms with Crippen molar-refractivity contribution >= 4 is 11.8 Å². The minimum atomic E-state index is -0.246. The molecule has 20 heavy (non-hydrogen) atoms. The fourth-order valence-electron chi connectivity index (χ4n) is 3.17. The Labute approximate surface area is 118 Å². The number of likely N-dealkylation sites (tertiary alicyclic amines) is 1. The number of benzene rings is 1. The van der Waals surface area contributed by atoms with Crippen LogP contribution in [-0.2, 0) is 9.47 Å². The van der Waals surface area contributed by atoms with Gasteiger partial charge < -0.3 is 9.47 Å². The van der Waals surface area contributed by atoms with E-state index in [1.54, 1.807) is 4.90 Å². The van der Waals surface area contributed by atoms with Gasteiger partial charge >= 0.3 is 6.09 Å². The second-order valence-electron chi connectivity index (χ2n) is 5.77. The zero-order valence-corrected chi connectivity index (χ0v) is 11.3. The number of cyclic esters (lactones) is 1. The molecule has 0 aliphatic carbocycles. The number of nitrogens with zero attached hydrogens (tertiary/aromatic N) is 2. The monoisotopic (exact) mass is 274 g/mol. The van der Waals surface area contributed by atoms with Crippen LogP contribution < -0.4 is 4.90 Å². The van der Waals surface area contributed by atoms with E-state index < -0.39 is 0 Å². The van der Waals surface area contributed by atoms with Gasteiger partial charge in [-0.2, -0.15) is 0 Å². The van der Waals surface area contributed by atoms with E-state index in [0.717, 1.165) is 38.2 Å². The third-order valence-corrected chi connectivity index (χ3v) is 4.57. The van der Waals surface area contributed by atoms with Crippen molar-refractivity contribution in [3.8, 4) is 0 Å². The Kier molecular flexibility index (Phi) is 2.72. The van der Waals surface area contributed by atoms with Gasteiger partial charge in [-0.1, -0.05) is 18.2 Å². The van der Waals surface area contributed by atoms with Gasteiger partial charge in [-0.3, -0.25) is 9.80 Å². The highest BCUT2D eigenvalue weighted by Crippen LogP contribution is 2.39. The molecule has 0 N–H and O–H groups in total. The standard InChI is InChI=1S/C15H18N2O3/c18-14-17(12-4-2-1-3-5-12)13(10-19-14)16-8-6-15(7-9-16)11-20-15/h1-5,13H,6-11H2. The lowest BCUT2D eigenvalue weighted by Gasteiger charge is -2.37. The minimum absolute atomic E-state index is 0.0148. The fourth-order valence-corrected chi connectivity index (χ4v) is 3.17. The van der Waals surface area contributed by atoms with E-state index in [1.165, 1.54) is 0 Å². The largest absolute Gasteiger partial charge is 0.445 e. The molecule has 1 spiro atoms. The van der Waals surface area contributed by atoms with Gasteiger partial charge in [0.2, 0.25) is 0 Å². The lowest BCUT2D eigenvalue weighted by Crippen LogP contribution is -2.51. The van der Waals surface area contributed by atoms with Crippen LogP contribution in [0.4, 0.5) is 10.5 Å². The van der Waals surface area contributed by atoms with Crippen LogP contribution in [-0.4, -0.2) is 49.1 Å². The summed E-state index contributed by atoms with van der Waals surface area (Å²) in [5.74, 6) is 0. The van der Waals surface area contributed by atoms with Crippen LogP contribution in [0, 0.1) is 0 Å². The van der Waals surface area contributed by atoms with E-state index >= 15 is 0 Å². The quantitative estimate of drug-likeness (QED) is 0.772. The molecule has 0 radical (unpaired) electrons. The molecule has 5 nitrogen and oxygen atoms in total. The molecular formula is C15H18N2O3. The Morgan fingerprint density at radius 2 is 1.85 bits per heavy atom. The van der Waals surface area contributed by atoms with Crippen molar-refractivity contribution in [1.29, 1.82) is 0 Å². The lowest BCUT2D eigenvalue weighted by molar-refractivity contribution is 0.0979. The Bertz CT molecular complexity index is 505. The molecule has 3 fully saturated rings. The van der Waals surface area contributed by atoms with Gasteiger partial charge in [-0.25, -0.2) is 4.79 Å². The van der Waals surface area contributed by atoms with Crippen LogP contribution in [0.3, 0.4) is 0 Å². The number of epoxide rings is 1. The van der Waals surface area contributed by atoms with E-state index in [4.69, 9.17) is 9.47 Å². The summed E-state index contributed by atoms with van der Waals surface area (Å²) < 4.78 is 10.8. The van der Waals surface area contributed by atoms with Crippen molar-refractivity contribution in [2.45, 2.75) is 24.6 Å². The zero-order chi connectivity index (χ0) is 13.6. The third-order valence-electron chi connectivity index (χ3n) is 4.57. The molecule has 5 heteroatoms. The van der Waals surface area contributed by atoms with Gasteiger partial charge in [0.25, 0.3) is 0 Å². The molecule has 1 aromatic carbocycles. The summed E-state index contributed by atoms with van der Waals surface area (Å²) in [6.45, 7) is 3.28. The Morgan fingerprint density at radius 1 is 1.15 bits per heavy atom. The van der Waals surface area contributed by atoms with E-state index in [1.807, 2.05) is 30.3 Å². The number of hydrogen-bond donors (Lipinski definition) is 0. The molecule has 3 heterocycles. The second-order valence-corrected chi connectivity index (χ2v) is 5.77. The number of para-hydroxylation sites is 1. The molecule has 106 valence electrons. The normalized spacial score (nSPS) is 28.7. The number of piperidine rings is 1. The molecule has 1 amide bonds. The minimum Gasteiger partial charge on any atom is -0.445 e. The van der Waals surface area contributed by atoms with Crippen molar-refractivity contribution in [2.24, 2.45) is 0 Å². The number of carbonyl (C=O) groups is 1. The molecule has 3 saturated heterocycles. The van der Waals surface area contributed by atoms with E-state index in [2.05, 4.69) is 4.90 Å². The molecule has 0 aromatic heterocycles. The predicted molar refractivity (Wildman–Crippen MR) is 73.5 cm³/mol. The molecule has 1 aromatic rings. The molecule has 0 bridgehead atoms. The van der Waals surface area contributed by atoms with Gasteiger partial charge in [0, 0.05) is 18.8 Å². The molecule has 1 atom stereocenters. The highest BCUT2D eigenvalue weighted by molar-refractivity contribution is 5.90. The number of amides is 1. The molecule has 1 unspecified atom stereocenters. The van der Waals surface area contributed by atoms with Gasteiger partial charge in [-0.15, -0.1) is 0 Å². The van der Waals surface area contributed by atoms with Crippen molar-refractivity contribution < 1.29 is 14.3 Å². The molecule has 0 saturated carbocycles. The van der Waals surface area contributed by atoms with Crippen LogP contribution in [0.15, 0.2) is 30.3 Å². The number of rotatable bonds is 2. The summed E-state index contributed by atoms with van der Waals surface area (Å²) in [5.41, 5.74) is 1.07. The van der Waals surface area contributed by atoms with Crippen molar-refractivity contribution in [3.05, 3.63) is 30.3 Å². The first-order valence-electron chi connectivity index (χ1n) is 7.17. The van der Waals surface area contributed by atoms with Crippen LogP contribution >= 0.6 is 0 Å². The second kappa shape index (κ2) is 4.46.